The van der Waals surface area contributed by atoms with Crippen LogP contribution in [0, 0.1) is 5.92 Å². The first-order valence-electron chi connectivity index (χ1n) is 4.25. The van der Waals surface area contributed by atoms with Gasteiger partial charge in [-0.1, -0.05) is 0 Å². The van der Waals surface area contributed by atoms with Crippen LogP contribution in [0.3, 0.4) is 0 Å². The summed E-state index contributed by atoms with van der Waals surface area (Å²) in [4.78, 5) is 10.2. The lowest BCUT2D eigenvalue weighted by molar-refractivity contribution is -0.150. The maximum atomic E-state index is 12.8. The van der Waals surface area contributed by atoms with E-state index in [4.69, 9.17) is 9.84 Å². The van der Waals surface area contributed by atoms with Crippen LogP contribution < -0.4 is 0 Å². The van der Waals surface area contributed by atoms with E-state index >= 15 is 0 Å². The number of carboxylic acid groups (broad SMARTS) is 1. The second-order valence-electron chi connectivity index (χ2n) is 3.18. The third-order valence-electron chi connectivity index (χ3n) is 2.28. The Morgan fingerprint density at radius 1 is 1.46 bits per heavy atom. The Labute approximate surface area is 75.3 Å². The van der Waals surface area contributed by atoms with Gasteiger partial charge >= 0.3 is 5.97 Å². The number of carbonyl (C=O) groups is 1. The maximum Gasteiger partial charge on any atom is 0.341 e. The summed E-state index contributed by atoms with van der Waals surface area (Å²) in [5, 5.41) is 17.6. The van der Waals surface area contributed by atoms with Crippen molar-refractivity contribution >= 4 is 5.97 Å². The molecule has 76 valence electrons. The first-order valence-corrected chi connectivity index (χ1v) is 4.25. The summed E-state index contributed by atoms with van der Waals surface area (Å²) in [7, 11) is 0. The lowest BCUT2D eigenvalue weighted by Gasteiger charge is -2.27. The molecule has 2 unspecified atom stereocenters. The van der Waals surface area contributed by atoms with E-state index in [0.29, 0.717) is 26.1 Å². The van der Waals surface area contributed by atoms with E-state index < -0.39 is 18.2 Å². The molecule has 0 amide bonds. The van der Waals surface area contributed by atoms with Gasteiger partial charge in [0, 0.05) is 13.2 Å². The average Bonchev–Trinajstić information content (AvgIpc) is 2.17. The topological polar surface area (TPSA) is 66.8 Å². The summed E-state index contributed by atoms with van der Waals surface area (Å²) in [6.45, 7) is 0.933. The van der Waals surface area contributed by atoms with Crippen LogP contribution in [0.15, 0.2) is 0 Å². The molecule has 1 aliphatic rings. The Hall–Kier alpha value is -0.680. The Morgan fingerprint density at radius 2 is 2.00 bits per heavy atom. The van der Waals surface area contributed by atoms with Crippen LogP contribution in [-0.4, -0.2) is 41.7 Å². The number of halogens is 1. The van der Waals surface area contributed by atoms with Crippen LogP contribution in [0.2, 0.25) is 0 Å². The highest BCUT2D eigenvalue weighted by atomic mass is 19.1. The molecule has 4 nitrogen and oxygen atoms in total. The van der Waals surface area contributed by atoms with E-state index in [9.17, 15) is 14.3 Å². The molecule has 0 aliphatic carbocycles. The smallest absolute Gasteiger partial charge is 0.341 e. The standard InChI is InChI=1S/C8H13FO4/c9-6(8(11)12)7(10)5-1-3-13-4-2-5/h5-7,10H,1-4H2,(H,11,12). The summed E-state index contributed by atoms with van der Waals surface area (Å²) in [5.74, 6) is -1.89. The number of aliphatic carboxylic acids is 1. The SMILES string of the molecule is O=C(O)C(F)C(O)C1CCOCC1. The van der Waals surface area contributed by atoms with Gasteiger partial charge < -0.3 is 14.9 Å². The van der Waals surface area contributed by atoms with Crippen molar-refractivity contribution in [2.45, 2.75) is 25.1 Å². The molecule has 0 saturated carbocycles. The van der Waals surface area contributed by atoms with Crippen LogP contribution >= 0.6 is 0 Å². The first kappa shape index (κ1) is 10.4. The van der Waals surface area contributed by atoms with Crippen LogP contribution in [0.4, 0.5) is 4.39 Å². The number of hydrogen-bond donors (Lipinski definition) is 2. The molecule has 0 bridgehead atoms. The molecular formula is C8H13FO4. The largest absolute Gasteiger partial charge is 0.479 e. The fraction of sp³-hybridized carbons (Fsp3) is 0.875. The highest BCUT2D eigenvalue weighted by Gasteiger charge is 2.33. The van der Waals surface area contributed by atoms with E-state index in [2.05, 4.69) is 0 Å². The number of alkyl halides is 1. The lowest BCUT2D eigenvalue weighted by Crippen LogP contribution is -2.38. The van der Waals surface area contributed by atoms with E-state index in [1.165, 1.54) is 0 Å². The minimum atomic E-state index is -2.18. The minimum Gasteiger partial charge on any atom is -0.479 e. The molecular weight excluding hydrogens is 179 g/mol. The summed E-state index contributed by atoms with van der Waals surface area (Å²) < 4.78 is 17.8. The van der Waals surface area contributed by atoms with Gasteiger partial charge in [-0.2, -0.15) is 0 Å². The molecule has 0 aromatic carbocycles. The summed E-state index contributed by atoms with van der Waals surface area (Å²) >= 11 is 0. The van der Waals surface area contributed by atoms with Crippen LogP contribution in [0.25, 0.3) is 0 Å². The molecule has 5 heteroatoms. The van der Waals surface area contributed by atoms with E-state index in [-0.39, 0.29) is 5.92 Å². The van der Waals surface area contributed by atoms with Gasteiger partial charge in [-0.05, 0) is 18.8 Å². The molecule has 2 atom stereocenters. The average molecular weight is 192 g/mol. The number of hydrogen-bond acceptors (Lipinski definition) is 3. The second-order valence-corrected chi connectivity index (χ2v) is 3.18. The summed E-state index contributed by atoms with van der Waals surface area (Å²) in [5.41, 5.74) is 0. The Balaban J connectivity index is 2.44. The summed E-state index contributed by atoms with van der Waals surface area (Å²) in [6, 6.07) is 0. The van der Waals surface area contributed by atoms with Crippen molar-refractivity contribution in [2.24, 2.45) is 5.92 Å². The highest BCUT2D eigenvalue weighted by molar-refractivity contribution is 5.72. The van der Waals surface area contributed by atoms with Crippen molar-refractivity contribution in [3.05, 3.63) is 0 Å². The fourth-order valence-corrected chi connectivity index (χ4v) is 1.44. The van der Waals surface area contributed by atoms with Gasteiger partial charge in [0.15, 0.2) is 0 Å². The summed E-state index contributed by atoms with van der Waals surface area (Å²) in [6.07, 6.45) is -2.53. The first-order chi connectivity index (χ1) is 6.13. The van der Waals surface area contributed by atoms with Gasteiger partial charge in [-0.25, -0.2) is 9.18 Å². The van der Waals surface area contributed by atoms with Crippen molar-refractivity contribution in [1.82, 2.24) is 0 Å². The van der Waals surface area contributed by atoms with Gasteiger partial charge in [0.2, 0.25) is 6.17 Å². The Morgan fingerprint density at radius 3 is 2.46 bits per heavy atom. The van der Waals surface area contributed by atoms with Gasteiger partial charge in [0.05, 0.1) is 6.10 Å². The Kier molecular flexibility index (Phi) is 3.62. The third-order valence-corrected chi connectivity index (χ3v) is 2.28. The van der Waals surface area contributed by atoms with Crippen molar-refractivity contribution in [1.29, 1.82) is 0 Å². The van der Waals surface area contributed by atoms with Crippen LogP contribution in [0.5, 0.6) is 0 Å². The zero-order valence-electron chi connectivity index (χ0n) is 7.15. The Bertz CT molecular complexity index is 179. The van der Waals surface area contributed by atoms with Crippen molar-refractivity contribution in [2.75, 3.05) is 13.2 Å². The molecule has 1 rings (SSSR count). The predicted molar refractivity (Wildman–Crippen MR) is 42.1 cm³/mol. The number of ether oxygens (including phenoxy) is 1. The van der Waals surface area contributed by atoms with Gasteiger partial charge in [-0.3, -0.25) is 0 Å². The molecule has 0 aromatic rings. The maximum absolute atomic E-state index is 12.8. The van der Waals surface area contributed by atoms with Crippen molar-refractivity contribution in [3.63, 3.8) is 0 Å². The van der Waals surface area contributed by atoms with Crippen molar-refractivity contribution in [3.8, 4) is 0 Å². The molecule has 1 heterocycles. The van der Waals surface area contributed by atoms with E-state index in [1.54, 1.807) is 0 Å². The second kappa shape index (κ2) is 4.53. The molecule has 1 fully saturated rings. The van der Waals surface area contributed by atoms with Crippen molar-refractivity contribution < 1.29 is 24.1 Å². The molecule has 0 radical (unpaired) electrons. The molecule has 13 heavy (non-hydrogen) atoms. The number of aliphatic hydroxyl groups is 1. The fourth-order valence-electron chi connectivity index (χ4n) is 1.44. The van der Waals surface area contributed by atoms with Crippen LogP contribution in [0.1, 0.15) is 12.8 Å². The lowest BCUT2D eigenvalue weighted by atomic mass is 9.91. The molecule has 0 spiro atoms. The van der Waals surface area contributed by atoms with Crippen LogP contribution in [-0.2, 0) is 9.53 Å². The molecule has 0 aromatic heterocycles. The molecule has 2 N–H and O–H groups in total. The molecule has 1 saturated heterocycles. The van der Waals surface area contributed by atoms with Gasteiger partial charge in [0.1, 0.15) is 0 Å². The third kappa shape index (κ3) is 2.63. The zero-order chi connectivity index (χ0) is 9.84. The quantitative estimate of drug-likeness (QED) is 0.670. The number of rotatable bonds is 3. The number of aliphatic hydroxyl groups excluding tert-OH is 1. The normalized spacial score (nSPS) is 23.8. The monoisotopic (exact) mass is 192 g/mol. The zero-order valence-corrected chi connectivity index (χ0v) is 7.15. The molecule has 1 aliphatic heterocycles. The van der Waals surface area contributed by atoms with E-state index in [1.807, 2.05) is 0 Å². The van der Waals surface area contributed by atoms with E-state index in [0.717, 1.165) is 0 Å². The minimum absolute atomic E-state index is 0.292. The van der Waals surface area contributed by atoms with Gasteiger partial charge in [-0.15, -0.1) is 0 Å². The van der Waals surface area contributed by atoms with Gasteiger partial charge in [0.25, 0.3) is 0 Å². The predicted octanol–water partition coefficient (Wildman–Crippen LogP) is 0.197. The highest BCUT2D eigenvalue weighted by Crippen LogP contribution is 2.22. The number of carboxylic acids is 1.